The van der Waals surface area contributed by atoms with Gasteiger partial charge in [-0.3, -0.25) is 20.2 Å². The van der Waals surface area contributed by atoms with Crippen LogP contribution in [0.1, 0.15) is 0 Å². The van der Waals surface area contributed by atoms with E-state index in [1.54, 1.807) is 7.11 Å². The number of fused-ring (bicyclic) bond motifs is 1. The molecule has 0 radical (unpaired) electrons. The topological polar surface area (TPSA) is 105 Å². The number of carboxylic acids is 1. The maximum Gasteiger partial charge on any atom is 0.313 e. The standard InChI is InChI=1S/C20H19N5O3S/c1-25-6-5-13-7-12(3-4-17(13)25)14-8-15(10-16(9-14)24-28-2)19-21-20(23-22-19)29-11-18(26)27/h3-10,24H,11H2,1-2H3,(H,26,27)(H,21,22,23). The Balaban J connectivity index is 1.73. The fraction of sp³-hybridized carbons (Fsp3) is 0.150. The molecule has 0 aliphatic carbocycles. The predicted molar refractivity (Wildman–Crippen MR) is 113 cm³/mol. The summed E-state index contributed by atoms with van der Waals surface area (Å²) in [6.45, 7) is 0. The minimum Gasteiger partial charge on any atom is -0.481 e. The lowest BCUT2D eigenvalue weighted by atomic mass is 10.0. The summed E-state index contributed by atoms with van der Waals surface area (Å²) < 4.78 is 2.08. The molecule has 0 saturated heterocycles. The average Bonchev–Trinajstić information content (AvgIpc) is 3.33. The molecule has 4 rings (SSSR count). The quantitative estimate of drug-likeness (QED) is 0.315. The number of carboxylic acid groups (broad SMARTS) is 1. The van der Waals surface area contributed by atoms with Crippen molar-refractivity contribution in [1.29, 1.82) is 0 Å². The molecule has 2 aromatic heterocycles. The predicted octanol–water partition coefficient (Wildman–Crippen LogP) is 3.78. The number of H-pyrrole nitrogens is 1. The van der Waals surface area contributed by atoms with Gasteiger partial charge < -0.3 is 9.67 Å². The van der Waals surface area contributed by atoms with Crippen LogP contribution in [0.15, 0.2) is 53.8 Å². The molecule has 0 atom stereocenters. The van der Waals surface area contributed by atoms with E-state index in [9.17, 15) is 4.79 Å². The lowest BCUT2D eigenvalue weighted by Gasteiger charge is -2.10. The van der Waals surface area contributed by atoms with E-state index in [0.717, 1.165) is 45.0 Å². The van der Waals surface area contributed by atoms with Gasteiger partial charge in [0.05, 0.1) is 18.6 Å². The second-order valence-corrected chi connectivity index (χ2v) is 7.40. The third-order valence-electron chi connectivity index (χ3n) is 4.43. The number of aryl methyl sites for hydroxylation is 1. The SMILES string of the molecule is CONc1cc(-c2ccc3c(ccn3C)c2)cc(-c2nc(SCC(=O)O)n[nH]2)c1. The summed E-state index contributed by atoms with van der Waals surface area (Å²) in [5.74, 6) is -0.448. The van der Waals surface area contributed by atoms with Gasteiger partial charge in [0.2, 0.25) is 5.16 Å². The molecule has 0 bridgehead atoms. The van der Waals surface area contributed by atoms with Crippen molar-refractivity contribution < 1.29 is 14.7 Å². The molecule has 2 heterocycles. The van der Waals surface area contributed by atoms with Gasteiger partial charge in [-0.2, -0.15) is 0 Å². The van der Waals surface area contributed by atoms with Crippen LogP contribution in [0, 0.1) is 0 Å². The lowest BCUT2D eigenvalue weighted by Crippen LogP contribution is -1.98. The zero-order valence-corrected chi connectivity index (χ0v) is 16.7. The molecule has 4 aromatic rings. The second-order valence-electron chi connectivity index (χ2n) is 6.45. The van der Waals surface area contributed by atoms with Crippen molar-refractivity contribution in [2.45, 2.75) is 5.16 Å². The zero-order chi connectivity index (χ0) is 20.4. The molecular formula is C20H19N5O3S. The Morgan fingerprint density at radius 3 is 2.83 bits per heavy atom. The Labute approximate surface area is 170 Å². The Bertz CT molecular complexity index is 1180. The highest BCUT2D eigenvalue weighted by Gasteiger charge is 2.12. The summed E-state index contributed by atoms with van der Waals surface area (Å²) in [7, 11) is 3.57. The number of nitrogens with one attached hydrogen (secondary N) is 2. The molecular weight excluding hydrogens is 390 g/mol. The third-order valence-corrected chi connectivity index (χ3v) is 5.27. The Kier molecular flexibility index (Phi) is 5.24. The number of hydrogen-bond acceptors (Lipinski definition) is 6. The molecule has 8 nitrogen and oxygen atoms in total. The molecule has 3 N–H and O–H groups in total. The van der Waals surface area contributed by atoms with Gasteiger partial charge in [0.15, 0.2) is 5.82 Å². The monoisotopic (exact) mass is 409 g/mol. The van der Waals surface area contributed by atoms with Crippen LogP contribution in [0.4, 0.5) is 5.69 Å². The van der Waals surface area contributed by atoms with Crippen LogP contribution >= 0.6 is 11.8 Å². The number of carbonyl (C=O) groups is 1. The van der Waals surface area contributed by atoms with Crippen LogP contribution in [0.2, 0.25) is 0 Å². The maximum atomic E-state index is 10.8. The van der Waals surface area contributed by atoms with E-state index in [0.29, 0.717) is 11.0 Å². The van der Waals surface area contributed by atoms with Gasteiger partial charge >= 0.3 is 5.97 Å². The Morgan fingerprint density at radius 2 is 2.03 bits per heavy atom. The van der Waals surface area contributed by atoms with Crippen molar-refractivity contribution in [3.05, 3.63) is 48.7 Å². The van der Waals surface area contributed by atoms with Crippen molar-refractivity contribution in [3.8, 4) is 22.5 Å². The minimum absolute atomic E-state index is 0.0924. The molecule has 0 fully saturated rings. The van der Waals surface area contributed by atoms with E-state index in [1.165, 1.54) is 0 Å². The molecule has 9 heteroatoms. The highest BCUT2D eigenvalue weighted by Crippen LogP contribution is 2.31. The molecule has 0 spiro atoms. The smallest absolute Gasteiger partial charge is 0.313 e. The van der Waals surface area contributed by atoms with Gasteiger partial charge in [0.1, 0.15) is 0 Å². The van der Waals surface area contributed by atoms with Gasteiger partial charge in [-0.1, -0.05) is 17.8 Å². The van der Waals surface area contributed by atoms with Crippen molar-refractivity contribution in [3.63, 3.8) is 0 Å². The number of aromatic amines is 1. The summed E-state index contributed by atoms with van der Waals surface area (Å²) in [6.07, 6.45) is 2.04. The average molecular weight is 409 g/mol. The maximum absolute atomic E-state index is 10.8. The largest absolute Gasteiger partial charge is 0.481 e. The first-order valence-corrected chi connectivity index (χ1v) is 9.79. The first-order valence-electron chi connectivity index (χ1n) is 8.80. The van der Waals surface area contributed by atoms with E-state index in [-0.39, 0.29) is 5.75 Å². The highest BCUT2D eigenvalue weighted by atomic mass is 32.2. The van der Waals surface area contributed by atoms with Crippen LogP contribution < -0.4 is 5.48 Å². The van der Waals surface area contributed by atoms with Gasteiger partial charge in [-0.25, -0.2) is 4.98 Å². The number of aromatic nitrogens is 4. The molecule has 0 amide bonds. The minimum atomic E-state index is -0.911. The molecule has 0 aliphatic heterocycles. The number of nitrogens with zero attached hydrogens (tertiary/aromatic N) is 3. The third kappa shape index (κ3) is 4.10. The number of aliphatic carboxylic acids is 1. The second kappa shape index (κ2) is 7.98. The first kappa shape index (κ1) is 19.0. The van der Waals surface area contributed by atoms with Gasteiger partial charge in [0, 0.05) is 29.7 Å². The zero-order valence-electron chi connectivity index (χ0n) is 15.8. The van der Waals surface area contributed by atoms with E-state index < -0.39 is 5.97 Å². The first-order chi connectivity index (χ1) is 14.0. The fourth-order valence-electron chi connectivity index (χ4n) is 3.14. The summed E-state index contributed by atoms with van der Waals surface area (Å²) in [5, 5.41) is 17.3. The van der Waals surface area contributed by atoms with Crippen molar-refractivity contribution in [2.75, 3.05) is 18.3 Å². The van der Waals surface area contributed by atoms with E-state index in [1.807, 2.05) is 31.4 Å². The van der Waals surface area contributed by atoms with E-state index in [4.69, 9.17) is 9.94 Å². The Hall–Kier alpha value is -3.30. The molecule has 0 unspecified atom stereocenters. The highest BCUT2D eigenvalue weighted by molar-refractivity contribution is 7.99. The van der Waals surface area contributed by atoms with Crippen LogP contribution in [0.3, 0.4) is 0 Å². The number of anilines is 1. The summed E-state index contributed by atoms with van der Waals surface area (Å²) in [5.41, 5.74) is 7.66. The molecule has 29 heavy (non-hydrogen) atoms. The van der Waals surface area contributed by atoms with Crippen molar-refractivity contribution >= 4 is 34.3 Å². The number of benzene rings is 2. The molecule has 0 saturated carbocycles. The van der Waals surface area contributed by atoms with E-state index >= 15 is 0 Å². The van der Waals surface area contributed by atoms with Crippen LogP contribution in [-0.4, -0.2) is 43.7 Å². The van der Waals surface area contributed by atoms with Crippen LogP contribution in [0.5, 0.6) is 0 Å². The van der Waals surface area contributed by atoms with Gasteiger partial charge in [-0.15, -0.1) is 5.10 Å². The van der Waals surface area contributed by atoms with Gasteiger partial charge in [0.25, 0.3) is 0 Å². The number of rotatable bonds is 7. The van der Waals surface area contributed by atoms with Gasteiger partial charge in [-0.05, 0) is 47.5 Å². The normalized spacial score (nSPS) is 11.1. The summed E-state index contributed by atoms with van der Waals surface area (Å²) >= 11 is 1.07. The number of hydrogen-bond donors (Lipinski definition) is 3. The summed E-state index contributed by atoms with van der Waals surface area (Å²) in [4.78, 5) is 20.2. The van der Waals surface area contributed by atoms with Crippen LogP contribution in [-0.2, 0) is 16.7 Å². The Morgan fingerprint density at radius 1 is 1.21 bits per heavy atom. The number of thioether (sulfide) groups is 1. The van der Waals surface area contributed by atoms with E-state index in [2.05, 4.69) is 49.5 Å². The van der Waals surface area contributed by atoms with Crippen molar-refractivity contribution in [2.24, 2.45) is 7.05 Å². The summed E-state index contributed by atoms with van der Waals surface area (Å²) in [6, 6.07) is 14.3. The fourth-order valence-corrected chi connectivity index (χ4v) is 3.65. The molecule has 2 aromatic carbocycles. The van der Waals surface area contributed by atoms with Crippen molar-refractivity contribution in [1.82, 2.24) is 19.7 Å². The lowest BCUT2D eigenvalue weighted by molar-refractivity contribution is -0.133. The van der Waals surface area contributed by atoms with Crippen LogP contribution in [0.25, 0.3) is 33.4 Å². The molecule has 0 aliphatic rings. The molecule has 148 valence electrons.